The molecule has 1 nitrogen and oxygen atoms in total. The zero-order valence-electron chi connectivity index (χ0n) is 7.90. The molecule has 1 rings (SSSR count). The van der Waals surface area contributed by atoms with Gasteiger partial charge in [0, 0.05) is 4.47 Å². The summed E-state index contributed by atoms with van der Waals surface area (Å²) in [5.41, 5.74) is 0. The van der Waals surface area contributed by atoms with E-state index in [9.17, 15) is 4.39 Å². The molecule has 4 heteroatoms. The van der Waals surface area contributed by atoms with Gasteiger partial charge in [0.1, 0.15) is 5.75 Å². The van der Waals surface area contributed by atoms with Crippen LogP contribution in [0.5, 0.6) is 5.75 Å². The molecule has 1 aromatic rings. The molecular weight excluding hydrogens is 251 g/mol. The van der Waals surface area contributed by atoms with Crippen molar-refractivity contribution in [2.24, 2.45) is 0 Å². The molecule has 0 amide bonds. The number of halogens is 2. The fraction of sp³-hybridized carbons (Fsp3) is 0.333. The minimum atomic E-state index is -1.70. The summed E-state index contributed by atoms with van der Waals surface area (Å²) >= 11 is 3.19. The number of hydrogen-bond donors (Lipinski definition) is 0. The Morgan fingerprint density at radius 3 is 2.38 bits per heavy atom. The molecule has 0 aliphatic rings. The highest BCUT2D eigenvalue weighted by Gasteiger charge is 2.18. The van der Waals surface area contributed by atoms with Gasteiger partial charge < -0.3 is 4.43 Å². The standard InChI is InChI=1S/C9H12BrFOSi/c1-13(2,3)12-9-5-4-7(10)6-8(9)11/h4-6H,1-3H3. The van der Waals surface area contributed by atoms with Crippen LogP contribution < -0.4 is 4.43 Å². The Morgan fingerprint density at radius 1 is 1.31 bits per heavy atom. The molecule has 0 bridgehead atoms. The highest BCUT2D eigenvalue weighted by Crippen LogP contribution is 2.23. The van der Waals surface area contributed by atoms with Gasteiger partial charge in [0.15, 0.2) is 5.82 Å². The van der Waals surface area contributed by atoms with Crippen molar-refractivity contribution >= 4 is 24.2 Å². The maximum absolute atomic E-state index is 13.2. The summed E-state index contributed by atoms with van der Waals surface area (Å²) in [4.78, 5) is 0. The monoisotopic (exact) mass is 262 g/mol. The molecular formula is C9H12BrFOSi. The SMILES string of the molecule is C[Si](C)(C)Oc1ccc(Br)cc1F. The third kappa shape index (κ3) is 3.48. The van der Waals surface area contributed by atoms with Gasteiger partial charge in [-0.25, -0.2) is 4.39 Å². The maximum Gasteiger partial charge on any atom is 0.242 e. The summed E-state index contributed by atoms with van der Waals surface area (Å²) in [6.07, 6.45) is 0. The van der Waals surface area contributed by atoms with Crippen LogP contribution in [0, 0.1) is 5.82 Å². The van der Waals surface area contributed by atoms with Crippen molar-refractivity contribution in [3.63, 3.8) is 0 Å². The molecule has 0 spiro atoms. The van der Waals surface area contributed by atoms with Crippen LogP contribution in [-0.4, -0.2) is 8.32 Å². The zero-order valence-corrected chi connectivity index (χ0v) is 10.5. The minimum Gasteiger partial charge on any atom is -0.542 e. The van der Waals surface area contributed by atoms with E-state index in [2.05, 4.69) is 15.9 Å². The molecule has 13 heavy (non-hydrogen) atoms. The zero-order chi connectivity index (χ0) is 10.1. The average molecular weight is 263 g/mol. The highest BCUT2D eigenvalue weighted by atomic mass is 79.9. The summed E-state index contributed by atoms with van der Waals surface area (Å²) in [5.74, 6) is 0.0409. The van der Waals surface area contributed by atoms with E-state index in [1.165, 1.54) is 6.07 Å². The van der Waals surface area contributed by atoms with Gasteiger partial charge in [0.05, 0.1) is 0 Å². The van der Waals surface area contributed by atoms with E-state index in [0.717, 1.165) is 4.47 Å². The van der Waals surface area contributed by atoms with E-state index in [1.807, 2.05) is 19.6 Å². The first kappa shape index (κ1) is 10.7. The lowest BCUT2D eigenvalue weighted by atomic mass is 10.3. The van der Waals surface area contributed by atoms with E-state index in [1.54, 1.807) is 12.1 Å². The Bertz CT molecular complexity index is 309. The Balaban J connectivity index is 2.90. The van der Waals surface area contributed by atoms with Crippen molar-refractivity contribution in [2.45, 2.75) is 19.6 Å². The molecule has 0 saturated heterocycles. The smallest absolute Gasteiger partial charge is 0.242 e. The largest absolute Gasteiger partial charge is 0.542 e. The fourth-order valence-electron chi connectivity index (χ4n) is 0.888. The normalized spacial score (nSPS) is 11.5. The molecule has 0 atom stereocenters. The second kappa shape index (κ2) is 3.80. The van der Waals surface area contributed by atoms with Crippen LogP contribution in [0.1, 0.15) is 0 Å². The Labute approximate surface area is 87.2 Å². The van der Waals surface area contributed by atoms with Gasteiger partial charge in [-0.05, 0) is 37.8 Å². The summed E-state index contributed by atoms with van der Waals surface area (Å²) in [6.45, 7) is 6.07. The summed E-state index contributed by atoms with van der Waals surface area (Å²) in [7, 11) is -1.70. The van der Waals surface area contributed by atoms with Crippen LogP contribution in [0.3, 0.4) is 0 Å². The predicted molar refractivity (Wildman–Crippen MR) is 58.1 cm³/mol. The van der Waals surface area contributed by atoms with E-state index >= 15 is 0 Å². The van der Waals surface area contributed by atoms with Crippen LogP contribution in [0.25, 0.3) is 0 Å². The molecule has 0 radical (unpaired) electrons. The number of rotatable bonds is 2. The van der Waals surface area contributed by atoms with E-state index in [0.29, 0.717) is 5.75 Å². The molecule has 0 aliphatic carbocycles. The first-order chi connectivity index (χ1) is 5.88. The van der Waals surface area contributed by atoms with Crippen molar-refractivity contribution in [2.75, 3.05) is 0 Å². The fourth-order valence-corrected chi connectivity index (χ4v) is 2.05. The molecule has 0 N–H and O–H groups in total. The third-order valence-electron chi connectivity index (χ3n) is 1.31. The maximum atomic E-state index is 13.2. The van der Waals surface area contributed by atoms with E-state index < -0.39 is 8.32 Å². The topological polar surface area (TPSA) is 9.23 Å². The van der Waals surface area contributed by atoms with Crippen molar-refractivity contribution < 1.29 is 8.82 Å². The van der Waals surface area contributed by atoms with Gasteiger partial charge in [-0.2, -0.15) is 0 Å². The lowest BCUT2D eigenvalue weighted by molar-refractivity contribution is 0.495. The van der Waals surface area contributed by atoms with Crippen molar-refractivity contribution in [3.05, 3.63) is 28.5 Å². The van der Waals surface area contributed by atoms with Crippen molar-refractivity contribution in [3.8, 4) is 5.75 Å². The summed E-state index contributed by atoms with van der Waals surface area (Å²) in [6, 6.07) is 4.84. The number of benzene rings is 1. The molecule has 0 heterocycles. The second-order valence-electron chi connectivity index (χ2n) is 3.79. The quantitative estimate of drug-likeness (QED) is 0.737. The van der Waals surface area contributed by atoms with Gasteiger partial charge in [0.25, 0.3) is 0 Å². The second-order valence-corrected chi connectivity index (χ2v) is 9.13. The third-order valence-corrected chi connectivity index (χ3v) is 2.64. The van der Waals surface area contributed by atoms with Gasteiger partial charge in [-0.1, -0.05) is 15.9 Å². The molecule has 1 aromatic carbocycles. The Morgan fingerprint density at radius 2 is 1.92 bits per heavy atom. The van der Waals surface area contributed by atoms with Gasteiger partial charge in [-0.15, -0.1) is 0 Å². The van der Waals surface area contributed by atoms with Crippen LogP contribution >= 0.6 is 15.9 Å². The van der Waals surface area contributed by atoms with E-state index in [-0.39, 0.29) is 5.82 Å². The Hall–Kier alpha value is -0.353. The first-order valence-electron chi connectivity index (χ1n) is 4.02. The van der Waals surface area contributed by atoms with Gasteiger partial charge in [0.2, 0.25) is 8.32 Å². The van der Waals surface area contributed by atoms with Gasteiger partial charge in [-0.3, -0.25) is 0 Å². The molecule has 0 aliphatic heterocycles. The number of hydrogen-bond acceptors (Lipinski definition) is 1. The van der Waals surface area contributed by atoms with Crippen LogP contribution in [0.15, 0.2) is 22.7 Å². The van der Waals surface area contributed by atoms with Crippen molar-refractivity contribution in [1.82, 2.24) is 0 Å². The lowest BCUT2D eigenvalue weighted by Gasteiger charge is -2.19. The molecule has 72 valence electrons. The van der Waals surface area contributed by atoms with Crippen molar-refractivity contribution in [1.29, 1.82) is 0 Å². The molecule has 0 fully saturated rings. The molecule has 0 unspecified atom stereocenters. The average Bonchev–Trinajstić information content (AvgIpc) is 1.93. The minimum absolute atomic E-state index is 0.309. The van der Waals surface area contributed by atoms with Crippen LogP contribution in [-0.2, 0) is 0 Å². The molecule has 0 saturated carbocycles. The van der Waals surface area contributed by atoms with Crippen LogP contribution in [0.2, 0.25) is 19.6 Å². The summed E-state index contributed by atoms with van der Waals surface area (Å²) in [5, 5.41) is 0. The highest BCUT2D eigenvalue weighted by molar-refractivity contribution is 9.10. The molecule has 0 aromatic heterocycles. The van der Waals surface area contributed by atoms with Crippen LogP contribution in [0.4, 0.5) is 4.39 Å². The first-order valence-corrected chi connectivity index (χ1v) is 8.23. The lowest BCUT2D eigenvalue weighted by Crippen LogP contribution is -2.29. The van der Waals surface area contributed by atoms with Gasteiger partial charge >= 0.3 is 0 Å². The predicted octanol–water partition coefficient (Wildman–Crippen LogP) is 3.80. The van der Waals surface area contributed by atoms with E-state index in [4.69, 9.17) is 4.43 Å². The Kier molecular flexibility index (Phi) is 3.13. The summed E-state index contributed by atoms with van der Waals surface area (Å²) < 4.78 is 19.5.